The molecule has 1 aromatic carbocycles. The van der Waals surface area contributed by atoms with Gasteiger partial charge in [0, 0.05) is 22.7 Å². The summed E-state index contributed by atoms with van der Waals surface area (Å²) in [5, 5.41) is 3.40. The number of hydrogen-bond donors (Lipinski definition) is 2. The lowest BCUT2D eigenvalue weighted by molar-refractivity contribution is -0.145. The monoisotopic (exact) mass is 396 g/mol. The predicted molar refractivity (Wildman–Crippen MR) is 108 cm³/mol. The van der Waals surface area contributed by atoms with Gasteiger partial charge < -0.3 is 19.5 Å². The number of aromatic amines is 1. The van der Waals surface area contributed by atoms with Gasteiger partial charge in [-0.05, 0) is 30.0 Å². The zero-order valence-electron chi connectivity index (χ0n) is 16.7. The van der Waals surface area contributed by atoms with Crippen LogP contribution < -0.4 is 5.32 Å². The first-order valence-electron chi connectivity index (χ1n) is 9.55. The standard InChI is InChI=1S/C22H24N2O5/c1-4-14-7-5-8-15-16(11-23-20(14)15)17(25)12-29-22(27)19(13(2)3)24-21(26)18-9-6-10-28-18/h5-11,13,19,23H,4,12H2,1-3H3,(H,24,26)/t19-/m0/s1. The number of Topliss-reactive ketones (excluding diaryl/α,β-unsaturated/α-hetero) is 1. The van der Waals surface area contributed by atoms with Crippen molar-refractivity contribution in [1.82, 2.24) is 10.3 Å². The Morgan fingerprint density at radius 2 is 1.97 bits per heavy atom. The molecule has 1 amide bonds. The van der Waals surface area contributed by atoms with Gasteiger partial charge in [-0.2, -0.15) is 0 Å². The number of carbonyl (C=O) groups excluding carboxylic acids is 3. The van der Waals surface area contributed by atoms with Gasteiger partial charge in [0.15, 0.2) is 12.4 Å². The molecule has 0 saturated carbocycles. The smallest absolute Gasteiger partial charge is 0.329 e. The van der Waals surface area contributed by atoms with Gasteiger partial charge in [0.2, 0.25) is 5.78 Å². The summed E-state index contributed by atoms with van der Waals surface area (Å²) < 4.78 is 10.3. The summed E-state index contributed by atoms with van der Waals surface area (Å²) in [6, 6.07) is 7.96. The van der Waals surface area contributed by atoms with Gasteiger partial charge in [0.25, 0.3) is 5.91 Å². The molecule has 0 aliphatic heterocycles. The molecule has 29 heavy (non-hydrogen) atoms. The lowest BCUT2D eigenvalue weighted by atomic mass is 10.0. The van der Waals surface area contributed by atoms with Crippen LogP contribution >= 0.6 is 0 Å². The van der Waals surface area contributed by atoms with E-state index in [1.807, 2.05) is 25.1 Å². The first kappa shape index (κ1) is 20.4. The van der Waals surface area contributed by atoms with E-state index in [2.05, 4.69) is 10.3 Å². The number of amides is 1. The van der Waals surface area contributed by atoms with Crippen LogP contribution in [0, 0.1) is 5.92 Å². The van der Waals surface area contributed by atoms with Crippen molar-refractivity contribution >= 4 is 28.6 Å². The van der Waals surface area contributed by atoms with E-state index < -0.39 is 24.5 Å². The molecule has 3 aromatic rings. The van der Waals surface area contributed by atoms with Crippen LogP contribution in [-0.2, 0) is 16.0 Å². The second kappa shape index (κ2) is 8.77. The van der Waals surface area contributed by atoms with Crippen LogP contribution in [0.25, 0.3) is 10.9 Å². The van der Waals surface area contributed by atoms with Gasteiger partial charge in [-0.15, -0.1) is 0 Å². The minimum atomic E-state index is -0.893. The fourth-order valence-corrected chi connectivity index (χ4v) is 3.16. The predicted octanol–water partition coefficient (Wildman–Crippen LogP) is 3.50. The highest BCUT2D eigenvalue weighted by molar-refractivity contribution is 6.09. The maximum Gasteiger partial charge on any atom is 0.329 e. The Morgan fingerprint density at radius 1 is 1.17 bits per heavy atom. The summed E-state index contributed by atoms with van der Waals surface area (Å²) >= 11 is 0. The van der Waals surface area contributed by atoms with Crippen LogP contribution in [0.3, 0.4) is 0 Å². The summed E-state index contributed by atoms with van der Waals surface area (Å²) in [6.07, 6.45) is 3.85. The highest BCUT2D eigenvalue weighted by Crippen LogP contribution is 2.22. The third kappa shape index (κ3) is 4.39. The molecule has 0 saturated heterocycles. The Morgan fingerprint density at radius 3 is 2.62 bits per heavy atom. The number of ketones is 1. The van der Waals surface area contributed by atoms with Crippen LogP contribution in [0.2, 0.25) is 0 Å². The van der Waals surface area contributed by atoms with Crippen LogP contribution in [0.15, 0.2) is 47.2 Å². The molecule has 2 N–H and O–H groups in total. The molecular formula is C22H24N2O5. The van der Waals surface area contributed by atoms with Crippen molar-refractivity contribution in [2.75, 3.05) is 6.61 Å². The van der Waals surface area contributed by atoms with Crippen LogP contribution in [0.1, 0.15) is 47.2 Å². The third-order valence-corrected chi connectivity index (χ3v) is 4.78. The number of ether oxygens (including phenoxy) is 1. The highest BCUT2D eigenvalue weighted by Gasteiger charge is 2.28. The summed E-state index contributed by atoms with van der Waals surface area (Å²) in [7, 11) is 0. The van der Waals surface area contributed by atoms with Crippen molar-refractivity contribution in [2.45, 2.75) is 33.2 Å². The van der Waals surface area contributed by atoms with Crippen molar-refractivity contribution in [3.63, 3.8) is 0 Å². The topological polar surface area (TPSA) is 101 Å². The number of nitrogens with one attached hydrogen (secondary N) is 2. The maximum absolute atomic E-state index is 12.6. The molecule has 1 atom stereocenters. The molecule has 7 nitrogen and oxygen atoms in total. The van der Waals surface area contributed by atoms with Crippen LogP contribution in [-0.4, -0.2) is 35.3 Å². The van der Waals surface area contributed by atoms with E-state index >= 15 is 0 Å². The Bertz CT molecular complexity index is 1020. The van der Waals surface area contributed by atoms with Gasteiger partial charge >= 0.3 is 5.97 Å². The molecule has 3 rings (SSSR count). The lowest BCUT2D eigenvalue weighted by Gasteiger charge is -2.20. The van der Waals surface area contributed by atoms with E-state index in [9.17, 15) is 14.4 Å². The van der Waals surface area contributed by atoms with Crippen LogP contribution in [0.5, 0.6) is 0 Å². The zero-order valence-corrected chi connectivity index (χ0v) is 16.7. The molecular weight excluding hydrogens is 372 g/mol. The summed E-state index contributed by atoms with van der Waals surface area (Å²) in [5.41, 5.74) is 2.50. The Balaban J connectivity index is 1.67. The molecule has 0 spiro atoms. The molecule has 0 fully saturated rings. The molecule has 2 heterocycles. The second-order valence-corrected chi connectivity index (χ2v) is 7.10. The number of hydrogen-bond acceptors (Lipinski definition) is 5. The van der Waals surface area contributed by atoms with Crippen LogP contribution in [0.4, 0.5) is 0 Å². The van der Waals surface area contributed by atoms with E-state index in [4.69, 9.17) is 9.15 Å². The van der Waals surface area contributed by atoms with E-state index in [0.717, 1.165) is 22.9 Å². The minimum absolute atomic E-state index is 0.102. The van der Waals surface area contributed by atoms with Gasteiger partial charge in [0.05, 0.1) is 6.26 Å². The number of aryl methyl sites for hydroxylation is 1. The van der Waals surface area contributed by atoms with Crippen molar-refractivity contribution in [1.29, 1.82) is 0 Å². The normalized spacial score (nSPS) is 12.1. The SMILES string of the molecule is CCc1cccc2c(C(=O)COC(=O)[C@@H](NC(=O)c3ccco3)C(C)C)c[nH]c12. The number of furan rings is 1. The number of H-pyrrole nitrogens is 1. The molecule has 0 unspecified atom stereocenters. The first-order valence-corrected chi connectivity index (χ1v) is 9.55. The Hall–Kier alpha value is -3.35. The highest BCUT2D eigenvalue weighted by atomic mass is 16.5. The summed E-state index contributed by atoms with van der Waals surface area (Å²) in [4.78, 5) is 40.4. The first-order chi connectivity index (χ1) is 13.9. The average Bonchev–Trinajstić information content (AvgIpc) is 3.39. The van der Waals surface area contributed by atoms with Crippen molar-refractivity contribution in [3.8, 4) is 0 Å². The van der Waals surface area contributed by atoms with Gasteiger partial charge in [-0.25, -0.2) is 4.79 Å². The number of benzene rings is 1. The Kier molecular flexibility index (Phi) is 6.16. The summed E-state index contributed by atoms with van der Waals surface area (Å²) in [5.74, 6) is -1.61. The molecule has 0 radical (unpaired) electrons. The van der Waals surface area contributed by atoms with Gasteiger partial charge in [-0.1, -0.05) is 39.0 Å². The average molecular weight is 396 g/mol. The zero-order chi connectivity index (χ0) is 21.0. The fourth-order valence-electron chi connectivity index (χ4n) is 3.16. The fraction of sp³-hybridized carbons (Fsp3) is 0.318. The number of fused-ring (bicyclic) bond motifs is 1. The maximum atomic E-state index is 12.6. The third-order valence-electron chi connectivity index (χ3n) is 4.78. The van der Waals surface area contributed by atoms with E-state index in [1.165, 1.54) is 12.3 Å². The van der Waals surface area contributed by atoms with Gasteiger partial charge in [-0.3, -0.25) is 9.59 Å². The second-order valence-electron chi connectivity index (χ2n) is 7.10. The van der Waals surface area contributed by atoms with Crippen molar-refractivity contribution in [3.05, 3.63) is 59.7 Å². The van der Waals surface area contributed by atoms with Crippen molar-refractivity contribution < 1.29 is 23.5 Å². The van der Waals surface area contributed by atoms with Crippen molar-refractivity contribution in [2.24, 2.45) is 5.92 Å². The number of esters is 1. The molecule has 0 aliphatic carbocycles. The molecule has 0 aliphatic rings. The molecule has 2 aromatic heterocycles. The number of rotatable bonds is 8. The minimum Gasteiger partial charge on any atom is -0.459 e. The molecule has 7 heteroatoms. The lowest BCUT2D eigenvalue weighted by Crippen LogP contribution is -2.45. The molecule has 152 valence electrons. The largest absolute Gasteiger partial charge is 0.459 e. The van der Waals surface area contributed by atoms with E-state index in [0.29, 0.717) is 5.56 Å². The quantitative estimate of drug-likeness (QED) is 0.448. The number of aromatic nitrogens is 1. The number of para-hydroxylation sites is 1. The van der Waals surface area contributed by atoms with Gasteiger partial charge in [0.1, 0.15) is 6.04 Å². The number of carbonyl (C=O) groups is 3. The summed E-state index contributed by atoms with van der Waals surface area (Å²) in [6.45, 7) is 5.20. The Labute approximate surface area is 168 Å². The van der Waals surface area contributed by atoms with E-state index in [-0.39, 0.29) is 17.5 Å². The molecule has 0 bridgehead atoms. The van der Waals surface area contributed by atoms with E-state index in [1.54, 1.807) is 26.1 Å².